The van der Waals surface area contributed by atoms with E-state index in [2.05, 4.69) is 35.7 Å². The first-order chi connectivity index (χ1) is 8.78. The zero-order chi connectivity index (χ0) is 12.8. The van der Waals surface area contributed by atoms with E-state index < -0.39 is 0 Å². The fourth-order valence-corrected chi connectivity index (χ4v) is 1.91. The number of aromatic nitrogens is 2. The average molecular weight is 264 g/mol. The van der Waals surface area contributed by atoms with Crippen molar-refractivity contribution < 1.29 is 0 Å². The number of aryl methyl sites for hydroxylation is 1. The van der Waals surface area contributed by atoms with Gasteiger partial charge in [-0.25, -0.2) is 0 Å². The highest BCUT2D eigenvalue weighted by Gasteiger charge is 1.97. The van der Waals surface area contributed by atoms with Gasteiger partial charge in [0, 0.05) is 29.9 Å². The maximum atomic E-state index is 5.84. The molecule has 3 nitrogen and oxygen atoms in total. The molecule has 0 saturated carbocycles. The average Bonchev–Trinajstić information content (AvgIpc) is 2.85. The Kier molecular flexibility index (Phi) is 4.79. The van der Waals surface area contributed by atoms with Gasteiger partial charge >= 0.3 is 0 Å². The number of hydrogen-bond donors (Lipinski definition) is 1. The lowest BCUT2D eigenvalue weighted by atomic mass is 10.1. The summed E-state index contributed by atoms with van der Waals surface area (Å²) >= 11 is 5.84. The summed E-state index contributed by atoms with van der Waals surface area (Å²) in [5, 5.41) is 8.45. The van der Waals surface area contributed by atoms with Crippen LogP contribution < -0.4 is 5.32 Å². The molecule has 0 aliphatic heterocycles. The molecule has 2 rings (SSSR count). The monoisotopic (exact) mass is 263 g/mol. The van der Waals surface area contributed by atoms with Crippen LogP contribution >= 0.6 is 11.6 Å². The third-order valence-corrected chi connectivity index (χ3v) is 3.10. The van der Waals surface area contributed by atoms with Gasteiger partial charge in [0.1, 0.15) is 0 Å². The van der Waals surface area contributed by atoms with Gasteiger partial charge in [-0.2, -0.15) is 5.10 Å². The first-order valence-corrected chi connectivity index (χ1v) is 6.62. The summed E-state index contributed by atoms with van der Waals surface area (Å²) < 4.78 is 1.94. The highest BCUT2D eigenvalue weighted by atomic mass is 35.5. The summed E-state index contributed by atoms with van der Waals surface area (Å²) in [6.45, 7) is 4.84. The van der Waals surface area contributed by atoms with Crippen LogP contribution in [0.5, 0.6) is 0 Å². The summed E-state index contributed by atoms with van der Waals surface area (Å²) in [5.41, 5.74) is 2.53. The number of halogens is 1. The molecule has 1 N–H and O–H groups in total. The van der Waals surface area contributed by atoms with Gasteiger partial charge in [0.15, 0.2) is 0 Å². The van der Waals surface area contributed by atoms with Crippen LogP contribution in [-0.2, 0) is 19.5 Å². The SMILES string of the molecule is CCn1cc(CNCCc2ccc(Cl)cc2)cn1. The Morgan fingerprint density at radius 2 is 2.00 bits per heavy atom. The summed E-state index contributed by atoms with van der Waals surface area (Å²) in [4.78, 5) is 0. The lowest BCUT2D eigenvalue weighted by Gasteiger charge is -2.03. The maximum absolute atomic E-state index is 5.84. The lowest BCUT2D eigenvalue weighted by Crippen LogP contribution is -2.16. The molecule has 0 bridgehead atoms. The van der Waals surface area contributed by atoms with E-state index in [0.29, 0.717) is 0 Å². The molecule has 0 radical (unpaired) electrons. The van der Waals surface area contributed by atoms with E-state index in [1.165, 1.54) is 11.1 Å². The molecule has 96 valence electrons. The van der Waals surface area contributed by atoms with Gasteiger partial charge in [0.25, 0.3) is 0 Å². The molecule has 0 atom stereocenters. The van der Waals surface area contributed by atoms with Crippen LogP contribution in [-0.4, -0.2) is 16.3 Å². The van der Waals surface area contributed by atoms with Gasteiger partial charge in [-0.15, -0.1) is 0 Å². The van der Waals surface area contributed by atoms with Crippen molar-refractivity contribution in [3.05, 3.63) is 52.8 Å². The fraction of sp³-hybridized carbons (Fsp3) is 0.357. The molecule has 4 heteroatoms. The third-order valence-electron chi connectivity index (χ3n) is 2.84. The van der Waals surface area contributed by atoms with E-state index in [1.54, 1.807) is 0 Å². The largest absolute Gasteiger partial charge is 0.312 e. The van der Waals surface area contributed by atoms with Crippen molar-refractivity contribution in [2.75, 3.05) is 6.54 Å². The van der Waals surface area contributed by atoms with Gasteiger partial charge in [-0.1, -0.05) is 23.7 Å². The number of benzene rings is 1. The van der Waals surface area contributed by atoms with Gasteiger partial charge < -0.3 is 5.32 Å². The Morgan fingerprint density at radius 1 is 1.22 bits per heavy atom. The van der Waals surface area contributed by atoms with Crippen LogP contribution in [0.3, 0.4) is 0 Å². The van der Waals surface area contributed by atoms with Crippen molar-refractivity contribution in [2.24, 2.45) is 0 Å². The molecule has 0 amide bonds. The Bertz CT molecular complexity index is 476. The quantitative estimate of drug-likeness (QED) is 0.813. The van der Waals surface area contributed by atoms with E-state index in [9.17, 15) is 0 Å². The molecule has 2 aromatic rings. The first-order valence-electron chi connectivity index (χ1n) is 6.24. The minimum atomic E-state index is 0.790. The van der Waals surface area contributed by atoms with Crippen LogP contribution in [0.15, 0.2) is 36.7 Å². The number of rotatable bonds is 6. The van der Waals surface area contributed by atoms with E-state index >= 15 is 0 Å². The molecule has 0 spiro atoms. The molecule has 0 fully saturated rings. The zero-order valence-electron chi connectivity index (χ0n) is 10.6. The van der Waals surface area contributed by atoms with Gasteiger partial charge in [0.2, 0.25) is 0 Å². The Balaban J connectivity index is 1.71. The van der Waals surface area contributed by atoms with Gasteiger partial charge in [-0.3, -0.25) is 4.68 Å². The molecular formula is C14H18ClN3. The van der Waals surface area contributed by atoms with E-state index in [1.807, 2.05) is 23.0 Å². The van der Waals surface area contributed by atoms with Crippen molar-refractivity contribution in [1.29, 1.82) is 0 Å². The second-order valence-electron chi connectivity index (χ2n) is 4.26. The van der Waals surface area contributed by atoms with Crippen LogP contribution in [0.2, 0.25) is 5.02 Å². The normalized spacial score (nSPS) is 10.8. The zero-order valence-corrected chi connectivity index (χ0v) is 11.3. The predicted octanol–water partition coefficient (Wildman–Crippen LogP) is 2.89. The van der Waals surface area contributed by atoms with Crippen molar-refractivity contribution in [1.82, 2.24) is 15.1 Å². The topological polar surface area (TPSA) is 29.9 Å². The summed E-state index contributed by atoms with van der Waals surface area (Å²) in [7, 11) is 0. The molecular weight excluding hydrogens is 246 g/mol. The lowest BCUT2D eigenvalue weighted by molar-refractivity contribution is 0.655. The molecule has 1 heterocycles. The highest BCUT2D eigenvalue weighted by molar-refractivity contribution is 6.30. The standard InChI is InChI=1S/C14H18ClN3/c1-2-18-11-13(10-17-18)9-16-8-7-12-3-5-14(15)6-4-12/h3-6,10-11,16H,2,7-9H2,1H3. The Morgan fingerprint density at radius 3 is 2.67 bits per heavy atom. The molecule has 0 aliphatic rings. The molecule has 1 aromatic carbocycles. The summed E-state index contributed by atoms with van der Waals surface area (Å²) in [6, 6.07) is 8.00. The van der Waals surface area contributed by atoms with Crippen molar-refractivity contribution in [2.45, 2.75) is 26.4 Å². The van der Waals surface area contributed by atoms with Gasteiger partial charge in [-0.05, 0) is 37.6 Å². The van der Waals surface area contributed by atoms with E-state index in [0.717, 1.165) is 31.1 Å². The molecule has 1 aromatic heterocycles. The van der Waals surface area contributed by atoms with Crippen LogP contribution in [0.4, 0.5) is 0 Å². The molecule has 0 saturated heterocycles. The van der Waals surface area contributed by atoms with Crippen LogP contribution in [0.1, 0.15) is 18.1 Å². The fourth-order valence-electron chi connectivity index (χ4n) is 1.79. The Labute approximate surface area is 113 Å². The van der Waals surface area contributed by atoms with Crippen LogP contribution in [0, 0.1) is 0 Å². The number of hydrogen-bond acceptors (Lipinski definition) is 2. The smallest absolute Gasteiger partial charge is 0.0534 e. The number of nitrogens with zero attached hydrogens (tertiary/aromatic N) is 2. The van der Waals surface area contributed by atoms with Crippen molar-refractivity contribution in [3.8, 4) is 0 Å². The maximum Gasteiger partial charge on any atom is 0.0534 e. The van der Waals surface area contributed by atoms with E-state index in [-0.39, 0.29) is 0 Å². The summed E-state index contributed by atoms with van der Waals surface area (Å²) in [5.74, 6) is 0. The predicted molar refractivity (Wildman–Crippen MR) is 74.8 cm³/mol. The Hall–Kier alpha value is -1.32. The molecule has 0 unspecified atom stereocenters. The third kappa shape index (κ3) is 3.86. The second-order valence-corrected chi connectivity index (χ2v) is 4.69. The van der Waals surface area contributed by atoms with Crippen molar-refractivity contribution in [3.63, 3.8) is 0 Å². The van der Waals surface area contributed by atoms with Crippen molar-refractivity contribution >= 4 is 11.6 Å². The molecule has 0 aliphatic carbocycles. The first kappa shape index (κ1) is 13.1. The molecule has 18 heavy (non-hydrogen) atoms. The highest BCUT2D eigenvalue weighted by Crippen LogP contribution is 2.09. The minimum absolute atomic E-state index is 0.790. The van der Waals surface area contributed by atoms with Crippen LogP contribution in [0.25, 0.3) is 0 Å². The summed E-state index contributed by atoms with van der Waals surface area (Å²) in [6.07, 6.45) is 5.01. The minimum Gasteiger partial charge on any atom is -0.312 e. The van der Waals surface area contributed by atoms with Gasteiger partial charge in [0.05, 0.1) is 6.20 Å². The second kappa shape index (κ2) is 6.57. The van der Waals surface area contributed by atoms with E-state index in [4.69, 9.17) is 11.6 Å². The number of nitrogens with one attached hydrogen (secondary N) is 1.